The molecule has 33 heavy (non-hydrogen) atoms. The molecular weight excluding hydrogens is 475 g/mol. The summed E-state index contributed by atoms with van der Waals surface area (Å²) >= 11 is 14.5. The van der Waals surface area contributed by atoms with Crippen LogP contribution in [0.15, 0.2) is 48.5 Å². The van der Waals surface area contributed by atoms with Crippen molar-refractivity contribution in [1.29, 1.82) is 0 Å². The molecule has 0 bridgehead atoms. The average molecular weight is 508 g/mol. The molecule has 1 fully saturated rings. The lowest BCUT2D eigenvalue weighted by atomic mass is 10.1. The fourth-order valence-corrected chi connectivity index (χ4v) is 5.62. The molecule has 7 heteroatoms. The zero-order chi connectivity index (χ0) is 23.6. The van der Waals surface area contributed by atoms with Crippen LogP contribution < -0.4 is 5.32 Å². The Kier molecular flexibility index (Phi) is 10.4. The highest BCUT2D eigenvalue weighted by Crippen LogP contribution is 2.28. The summed E-state index contributed by atoms with van der Waals surface area (Å²) in [6, 6.07) is 15.2. The number of hydrogen-bond acceptors (Lipinski definition) is 3. The van der Waals surface area contributed by atoms with Gasteiger partial charge in [0.1, 0.15) is 6.04 Å². The molecule has 0 aromatic heterocycles. The van der Waals surface area contributed by atoms with Gasteiger partial charge in [0.25, 0.3) is 0 Å². The third-order valence-corrected chi connectivity index (χ3v) is 7.79. The van der Waals surface area contributed by atoms with Gasteiger partial charge in [0, 0.05) is 46.1 Å². The SMILES string of the molecule is CC[C@H](C(=O)NC1CCCC1)N(Cc1c(Cl)cccc1Cl)C(=O)CCSCc1ccccc1. The standard InChI is InChI=1S/C26H32Cl2N2O2S/c1-2-24(26(32)29-20-11-6-7-12-20)30(17-21-22(27)13-8-14-23(21)28)25(31)15-16-33-18-19-9-4-3-5-10-19/h3-5,8-10,13-14,20,24H,2,6-7,11-12,15-18H2,1H3,(H,29,32)/t24-/m1/s1. The fourth-order valence-electron chi connectivity index (χ4n) is 4.21. The molecule has 2 aromatic carbocycles. The van der Waals surface area contributed by atoms with E-state index in [0.717, 1.165) is 31.4 Å². The van der Waals surface area contributed by atoms with Crippen LogP contribution in [-0.2, 0) is 21.9 Å². The molecule has 0 aliphatic heterocycles. The highest BCUT2D eigenvalue weighted by atomic mass is 35.5. The van der Waals surface area contributed by atoms with Gasteiger partial charge in [-0.15, -0.1) is 0 Å². The highest BCUT2D eigenvalue weighted by molar-refractivity contribution is 7.98. The zero-order valence-corrected chi connectivity index (χ0v) is 21.4. The predicted molar refractivity (Wildman–Crippen MR) is 139 cm³/mol. The van der Waals surface area contributed by atoms with Gasteiger partial charge in [-0.3, -0.25) is 9.59 Å². The zero-order valence-electron chi connectivity index (χ0n) is 19.1. The first kappa shape index (κ1) is 25.9. The van der Waals surface area contributed by atoms with Crippen LogP contribution in [0.3, 0.4) is 0 Å². The van der Waals surface area contributed by atoms with E-state index in [-0.39, 0.29) is 24.4 Å². The van der Waals surface area contributed by atoms with Crippen molar-refractivity contribution in [2.45, 2.75) is 69.8 Å². The number of rotatable bonds is 11. The monoisotopic (exact) mass is 506 g/mol. The maximum Gasteiger partial charge on any atom is 0.243 e. The van der Waals surface area contributed by atoms with Crippen molar-refractivity contribution in [2.75, 3.05) is 5.75 Å². The summed E-state index contributed by atoms with van der Waals surface area (Å²) in [4.78, 5) is 28.2. The fraction of sp³-hybridized carbons (Fsp3) is 0.462. The van der Waals surface area contributed by atoms with Gasteiger partial charge in [-0.25, -0.2) is 0 Å². The van der Waals surface area contributed by atoms with Crippen LogP contribution in [0, 0.1) is 0 Å². The lowest BCUT2D eigenvalue weighted by Crippen LogP contribution is -2.51. The Morgan fingerprint density at radius 2 is 1.73 bits per heavy atom. The minimum Gasteiger partial charge on any atom is -0.352 e. The Balaban J connectivity index is 1.70. The molecule has 1 aliphatic rings. The third kappa shape index (κ3) is 7.66. The number of amides is 2. The van der Waals surface area contributed by atoms with E-state index in [2.05, 4.69) is 17.4 Å². The van der Waals surface area contributed by atoms with Gasteiger partial charge in [0.2, 0.25) is 11.8 Å². The van der Waals surface area contributed by atoms with E-state index in [1.807, 2.05) is 25.1 Å². The van der Waals surface area contributed by atoms with Gasteiger partial charge in [-0.05, 0) is 37.0 Å². The highest BCUT2D eigenvalue weighted by Gasteiger charge is 2.31. The molecule has 0 unspecified atom stereocenters. The number of thioether (sulfide) groups is 1. The van der Waals surface area contributed by atoms with Crippen molar-refractivity contribution in [3.05, 3.63) is 69.7 Å². The average Bonchev–Trinajstić information content (AvgIpc) is 3.32. The molecule has 0 spiro atoms. The molecule has 2 amide bonds. The van der Waals surface area contributed by atoms with Crippen LogP contribution in [0.4, 0.5) is 0 Å². The Labute approximate surface area is 211 Å². The molecule has 178 valence electrons. The van der Waals surface area contributed by atoms with Crippen molar-refractivity contribution in [2.24, 2.45) is 0 Å². The summed E-state index contributed by atoms with van der Waals surface area (Å²) < 4.78 is 0. The van der Waals surface area contributed by atoms with Gasteiger partial charge in [0.15, 0.2) is 0 Å². The predicted octanol–water partition coefficient (Wildman–Crippen LogP) is 6.48. The first-order valence-electron chi connectivity index (χ1n) is 11.6. The van der Waals surface area contributed by atoms with E-state index in [1.54, 1.807) is 34.9 Å². The normalized spacial score (nSPS) is 14.8. The van der Waals surface area contributed by atoms with E-state index < -0.39 is 6.04 Å². The first-order chi connectivity index (χ1) is 16.0. The first-order valence-corrected chi connectivity index (χ1v) is 13.5. The van der Waals surface area contributed by atoms with E-state index in [9.17, 15) is 9.59 Å². The van der Waals surface area contributed by atoms with Crippen LogP contribution in [-0.4, -0.2) is 34.6 Å². The van der Waals surface area contributed by atoms with Crippen LogP contribution in [0.2, 0.25) is 10.0 Å². The van der Waals surface area contributed by atoms with Crippen LogP contribution in [0.1, 0.15) is 56.6 Å². The second kappa shape index (κ2) is 13.3. The molecule has 2 aromatic rings. The van der Waals surface area contributed by atoms with Crippen molar-refractivity contribution in [3.8, 4) is 0 Å². The van der Waals surface area contributed by atoms with Crippen molar-refractivity contribution < 1.29 is 9.59 Å². The van der Waals surface area contributed by atoms with Crippen LogP contribution in [0.25, 0.3) is 0 Å². The molecule has 1 aliphatic carbocycles. The second-order valence-electron chi connectivity index (χ2n) is 8.42. The number of benzene rings is 2. The van der Waals surface area contributed by atoms with E-state index in [0.29, 0.717) is 34.2 Å². The van der Waals surface area contributed by atoms with Gasteiger partial charge in [-0.1, -0.05) is 79.4 Å². The van der Waals surface area contributed by atoms with Crippen molar-refractivity contribution >= 4 is 46.8 Å². The summed E-state index contributed by atoms with van der Waals surface area (Å²) in [5.41, 5.74) is 1.91. The smallest absolute Gasteiger partial charge is 0.243 e. The quantitative estimate of drug-likeness (QED) is 0.354. The number of nitrogens with one attached hydrogen (secondary N) is 1. The van der Waals surface area contributed by atoms with Crippen molar-refractivity contribution in [1.82, 2.24) is 10.2 Å². The van der Waals surface area contributed by atoms with Crippen LogP contribution in [0.5, 0.6) is 0 Å². The largest absolute Gasteiger partial charge is 0.352 e. The molecule has 0 radical (unpaired) electrons. The Morgan fingerprint density at radius 1 is 1.06 bits per heavy atom. The minimum absolute atomic E-state index is 0.0556. The molecule has 0 saturated heterocycles. The number of hydrogen-bond donors (Lipinski definition) is 1. The molecule has 1 atom stereocenters. The Morgan fingerprint density at radius 3 is 2.36 bits per heavy atom. The van der Waals surface area contributed by atoms with Crippen LogP contribution >= 0.6 is 35.0 Å². The summed E-state index contributed by atoms with van der Waals surface area (Å²) in [6.45, 7) is 2.16. The topological polar surface area (TPSA) is 49.4 Å². The molecule has 1 saturated carbocycles. The lowest BCUT2D eigenvalue weighted by molar-refractivity contribution is -0.141. The van der Waals surface area contributed by atoms with Gasteiger partial charge < -0.3 is 10.2 Å². The van der Waals surface area contributed by atoms with Gasteiger partial charge in [0.05, 0.1) is 0 Å². The molecule has 1 N–H and O–H groups in total. The van der Waals surface area contributed by atoms with E-state index in [1.165, 1.54) is 5.56 Å². The van der Waals surface area contributed by atoms with Crippen molar-refractivity contribution in [3.63, 3.8) is 0 Å². The molecule has 0 heterocycles. The maximum atomic E-state index is 13.4. The number of carbonyl (C=O) groups is 2. The second-order valence-corrected chi connectivity index (χ2v) is 10.3. The maximum absolute atomic E-state index is 13.4. The number of halogens is 2. The summed E-state index contributed by atoms with van der Waals surface area (Å²) in [7, 11) is 0. The number of carbonyl (C=O) groups excluding carboxylic acids is 2. The minimum atomic E-state index is -0.551. The van der Waals surface area contributed by atoms with E-state index in [4.69, 9.17) is 23.2 Å². The molecule has 3 rings (SSSR count). The molecular formula is C26H32Cl2N2O2S. The Hall–Kier alpha value is -1.69. The summed E-state index contributed by atoms with van der Waals surface area (Å²) in [5, 5.41) is 4.17. The summed E-state index contributed by atoms with van der Waals surface area (Å²) in [6.07, 6.45) is 5.16. The third-order valence-electron chi connectivity index (χ3n) is 6.05. The lowest BCUT2D eigenvalue weighted by Gasteiger charge is -2.32. The summed E-state index contributed by atoms with van der Waals surface area (Å²) in [5.74, 6) is 1.39. The Bertz CT molecular complexity index is 900. The molecule has 4 nitrogen and oxygen atoms in total. The van der Waals surface area contributed by atoms with E-state index >= 15 is 0 Å². The van der Waals surface area contributed by atoms with Gasteiger partial charge >= 0.3 is 0 Å². The number of nitrogens with zero attached hydrogens (tertiary/aromatic N) is 1. The van der Waals surface area contributed by atoms with Gasteiger partial charge in [-0.2, -0.15) is 11.8 Å².